The summed E-state index contributed by atoms with van der Waals surface area (Å²) in [5.41, 5.74) is 1.32. The number of carboxylic acid groups (broad SMARTS) is 1. The molecule has 0 radical (unpaired) electrons. The topological polar surface area (TPSA) is 90.7 Å². The number of aliphatic hydroxyl groups excluding tert-OH is 1. The summed E-state index contributed by atoms with van der Waals surface area (Å²) in [6.07, 6.45) is 5.10. The third-order valence-corrected chi connectivity index (χ3v) is 4.38. The van der Waals surface area contributed by atoms with E-state index in [1.807, 2.05) is 20.8 Å². The SMILES string of the molecule is CCCCC(C(=O)O)N1C(=O)C(O)=C(C(C)C)C1c1ccncc1. The first-order valence-corrected chi connectivity index (χ1v) is 8.28. The van der Waals surface area contributed by atoms with Crippen molar-refractivity contribution < 1.29 is 19.8 Å². The van der Waals surface area contributed by atoms with E-state index in [0.29, 0.717) is 18.4 Å². The second kappa shape index (κ2) is 7.47. The van der Waals surface area contributed by atoms with Gasteiger partial charge in [0.2, 0.25) is 0 Å². The van der Waals surface area contributed by atoms with E-state index in [4.69, 9.17) is 0 Å². The molecule has 0 fully saturated rings. The average molecular weight is 332 g/mol. The summed E-state index contributed by atoms with van der Waals surface area (Å²) in [6, 6.07) is 1.97. The number of aromatic nitrogens is 1. The van der Waals surface area contributed by atoms with Gasteiger partial charge in [0, 0.05) is 18.0 Å². The van der Waals surface area contributed by atoms with Gasteiger partial charge in [-0.25, -0.2) is 4.79 Å². The van der Waals surface area contributed by atoms with Crippen molar-refractivity contribution >= 4 is 11.9 Å². The molecule has 0 aliphatic carbocycles. The second-order valence-corrected chi connectivity index (χ2v) is 6.35. The van der Waals surface area contributed by atoms with Gasteiger partial charge in [0.25, 0.3) is 5.91 Å². The van der Waals surface area contributed by atoms with Crippen LogP contribution in [-0.4, -0.2) is 38.0 Å². The highest BCUT2D eigenvalue weighted by Gasteiger charge is 2.46. The molecule has 1 aromatic rings. The van der Waals surface area contributed by atoms with E-state index in [1.54, 1.807) is 24.5 Å². The maximum Gasteiger partial charge on any atom is 0.326 e. The fraction of sp³-hybridized carbons (Fsp3) is 0.500. The number of carboxylic acids is 1. The van der Waals surface area contributed by atoms with Gasteiger partial charge >= 0.3 is 5.97 Å². The molecule has 2 unspecified atom stereocenters. The van der Waals surface area contributed by atoms with Crippen molar-refractivity contribution in [2.75, 3.05) is 0 Å². The van der Waals surface area contributed by atoms with Crippen molar-refractivity contribution in [1.29, 1.82) is 0 Å². The lowest BCUT2D eigenvalue weighted by Gasteiger charge is -2.33. The van der Waals surface area contributed by atoms with E-state index >= 15 is 0 Å². The van der Waals surface area contributed by atoms with Gasteiger partial charge in [-0.1, -0.05) is 33.6 Å². The molecule has 6 nitrogen and oxygen atoms in total. The normalized spacial score (nSPS) is 19.2. The maximum atomic E-state index is 12.7. The fourth-order valence-corrected chi connectivity index (χ4v) is 3.22. The Kier molecular flexibility index (Phi) is 5.59. The zero-order valence-electron chi connectivity index (χ0n) is 14.3. The largest absolute Gasteiger partial charge is 0.503 e. The standard InChI is InChI=1S/C18H24N2O4/c1-4-5-6-13(18(23)24)20-15(12-7-9-19-10-8-12)14(11(2)3)16(21)17(20)22/h7-11,13,15,21H,4-6H2,1-3H3,(H,23,24). The number of carbonyl (C=O) groups excluding carboxylic acids is 1. The highest BCUT2D eigenvalue weighted by molar-refractivity contribution is 5.98. The zero-order chi connectivity index (χ0) is 17.9. The third kappa shape index (κ3) is 3.27. The Hall–Kier alpha value is -2.37. The molecule has 0 saturated carbocycles. The van der Waals surface area contributed by atoms with Gasteiger partial charge in [-0.15, -0.1) is 0 Å². The minimum absolute atomic E-state index is 0.0854. The molecule has 0 spiro atoms. The van der Waals surface area contributed by atoms with Crippen LogP contribution in [0.3, 0.4) is 0 Å². The molecule has 2 N–H and O–H groups in total. The van der Waals surface area contributed by atoms with Crippen LogP contribution in [0.1, 0.15) is 51.6 Å². The number of aliphatic carboxylic acids is 1. The van der Waals surface area contributed by atoms with E-state index < -0.39 is 24.0 Å². The number of unbranched alkanes of at least 4 members (excludes halogenated alkanes) is 1. The Morgan fingerprint density at radius 1 is 1.33 bits per heavy atom. The molecule has 1 aromatic heterocycles. The van der Waals surface area contributed by atoms with Crippen LogP contribution in [0.15, 0.2) is 35.9 Å². The van der Waals surface area contributed by atoms with Crippen molar-refractivity contribution in [1.82, 2.24) is 9.88 Å². The summed E-state index contributed by atoms with van der Waals surface area (Å²) in [7, 11) is 0. The highest BCUT2D eigenvalue weighted by Crippen LogP contribution is 2.42. The predicted molar refractivity (Wildman–Crippen MR) is 89.3 cm³/mol. The molecule has 0 saturated heterocycles. The van der Waals surface area contributed by atoms with Crippen LogP contribution in [0.25, 0.3) is 0 Å². The number of amides is 1. The third-order valence-electron chi connectivity index (χ3n) is 4.38. The summed E-state index contributed by atoms with van der Waals surface area (Å²) >= 11 is 0. The van der Waals surface area contributed by atoms with Crippen molar-refractivity contribution in [3.05, 3.63) is 41.4 Å². The average Bonchev–Trinajstić information content (AvgIpc) is 2.81. The Balaban J connectivity index is 2.52. The highest BCUT2D eigenvalue weighted by atomic mass is 16.4. The minimum Gasteiger partial charge on any atom is -0.503 e. The molecule has 6 heteroatoms. The van der Waals surface area contributed by atoms with Crippen LogP contribution < -0.4 is 0 Å². The van der Waals surface area contributed by atoms with Crippen LogP contribution in [-0.2, 0) is 9.59 Å². The van der Waals surface area contributed by atoms with Crippen molar-refractivity contribution in [2.24, 2.45) is 5.92 Å². The molecule has 1 aliphatic rings. The molecule has 0 bridgehead atoms. The van der Waals surface area contributed by atoms with Gasteiger partial charge in [0.15, 0.2) is 5.76 Å². The number of aliphatic hydroxyl groups is 1. The van der Waals surface area contributed by atoms with E-state index in [-0.39, 0.29) is 11.7 Å². The summed E-state index contributed by atoms with van der Waals surface area (Å²) < 4.78 is 0. The van der Waals surface area contributed by atoms with Crippen LogP contribution in [0.4, 0.5) is 0 Å². The van der Waals surface area contributed by atoms with Crippen LogP contribution in [0.5, 0.6) is 0 Å². The van der Waals surface area contributed by atoms with Gasteiger partial charge in [-0.3, -0.25) is 9.78 Å². The number of pyridine rings is 1. The molecule has 1 aliphatic heterocycles. The van der Waals surface area contributed by atoms with E-state index in [0.717, 1.165) is 12.0 Å². The Morgan fingerprint density at radius 3 is 2.46 bits per heavy atom. The quantitative estimate of drug-likeness (QED) is 0.801. The lowest BCUT2D eigenvalue weighted by molar-refractivity contribution is -0.150. The van der Waals surface area contributed by atoms with Gasteiger partial charge in [0.05, 0.1) is 6.04 Å². The van der Waals surface area contributed by atoms with Crippen molar-refractivity contribution in [2.45, 2.75) is 52.1 Å². The molecule has 130 valence electrons. The maximum absolute atomic E-state index is 12.7. The van der Waals surface area contributed by atoms with Gasteiger partial charge < -0.3 is 15.1 Å². The summed E-state index contributed by atoms with van der Waals surface area (Å²) in [5.74, 6) is -2.06. The number of hydrogen-bond donors (Lipinski definition) is 2. The van der Waals surface area contributed by atoms with Gasteiger partial charge in [-0.2, -0.15) is 0 Å². The van der Waals surface area contributed by atoms with Crippen LogP contribution in [0.2, 0.25) is 0 Å². The predicted octanol–water partition coefficient (Wildman–Crippen LogP) is 3.08. The minimum atomic E-state index is -1.05. The van der Waals surface area contributed by atoms with Gasteiger partial charge in [0.1, 0.15) is 6.04 Å². The molecular weight excluding hydrogens is 308 g/mol. The first-order valence-electron chi connectivity index (χ1n) is 8.28. The number of rotatable bonds is 7. The Labute approximate surface area is 141 Å². The molecule has 1 amide bonds. The first kappa shape index (κ1) is 18.0. The monoisotopic (exact) mass is 332 g/mol. The Morgan fingerprint density at radius 2 is 1.96 bits per heavy atom. The summed E-state index contributed by atoms with van der Waals surface area (Å²) in [4.78, 5) is 29.7. The smallest absolute Gasteiger partial charge is 0.326 e. The number of carbonyl (C=O) groups is 2. The number of nitrogens with zero attached hydrogens (tertiary/aromatic N) is 2. The van der Waals surface area contributed by atoms with Crippen molar-refractivity contribution in [3.8, 4) is 0 Å². The molecule has 2 rings (SSSR count). The molecule has 2 atom stereocenters. The number of hydrogen-bond acceptors (Lipinski definition) is 4. The van der Waals surface area contributed by atoms with E-state index in [9.17, 15) is 19.8 Å². The lowest BCUT2D eigenvalue weighted by Crippen LogP contribution is -2.44. The van der Waals surface area contributed by atoms with E-state index in [1.165, 1.54) is 4.90 Å². The van der Waals surface area contributed by atoms with Crippen molar-refractivity contribution in [3.63, 3.8) is 0 Å². The molecule has 2 heterocycles. The van der Waals surface area contributed by atoms with Crippen LogP contribution in [0, 0.1) is 5.92 Å². The van der Waals surface area contributed by atoms with Gasteiger partial charge in [-0.05, 0) is 30.0 Å². The summed E-state index contributed by atoms with van der Waals surface area (Å²) in [6.45, 7) is 5.75. The molecule has 24 heavy (non-hydrogen) atoms. The zero-order valence-corrected chi connectivity index (χ0v) is 14.3. The first-order chi connectivity index (χ1) is 11.4. The molecular formula is C18H24N2O4. The van der Waals surface area contributed by atoms with E-state index in [2.05, 4.69) is 4.98 Å². The second-order valence-electron chi connectivity index (χ2n) is 6.35. The Bertz CT molecular complexity index is 640. The molecule has 0 aromatic carbocycles. The van der Waals surface area contributed by atoms with Crippen LogP contribution >= 0.6 is 0 Å². The summed E-state index contributed by atoms with van der Waals surface area (Å²) in [5, 5.41) is 20.0. The fourth-order valence-electron chi connectivity index (χ4n) is 3.22. The lowest BCUT2D eigenvalue weighted by atomic mass is 9.91.